The molecule has 0 aliphatic heterocycles. The lowest BCUT2D eigenvalue weighted by Crippen LogP contribution is -1.93. The van der Waals surface area contributed by atoms with E-state index in [9.17, 15) is 0 Å². The molecule has 0 unspecified atom stereocenters. The molecule has 17 heavy (non-hydrogen) atoms. The lowest BCUT2D eigenvalue weighted by Gasteiger charge is -1.96. The number of fused-ring (bicyclic) bond motifs is 1. The van der Waals surface area contributed by atoms with Gasteiger partial charge in [0.1, 0.15) is 5.82 Å². The van der Waals surface area contributed by atoms with Crippen molar-refractivity contribution >= 4 is 11.0 Å². The number of hydrogen-bond acceptors (Lipinski definition) is 3. The molecule has 0 spiro atoms. The molecule has 3 N–H and O–H groups in total. The molecular weight excluding hydrogens is 218 g/mol. The van der Waals surface area contributed by atoms with Crippen LogP contribution in [-0.2, 0) is 7.05 Å². The predicted molar refractivity (Wildman–Crippen MR) is 64.4 cm³/mol. The monoisotopic (exact) mass is 231 g/mol. The second-order valence-electron chi connectivity index (χ2n) is 3.73. The average molecular weight is 231 g/mol. The number of hydrogen-bond donors (Lipinski definition) is 1. The molecule has 0 atom stereocenters. The highest BCUT2D eigenvalue weighted by Gasteiger charge is 2.12. The standard InChI is InChI=1S/C11H11N5.H2O/c1-7-12-10(15-14-7)11-13-8-5-3-4-6-9(8)16(11)2;/h3-6H,1-2H3,(H,12,14,15);1H2. The maximum atomic E-state index is 4.51. The van der Waals surface area contributed by atoms with Crippen LogP contribution in [0.3, 0.4) is 0 Å². The van der Waals surface area contributed by atoms with Crippen LogP contribution >= 0.6 is 0 Å². The van der Waals surface area contributed by atoms with Crippen molar-refractivity contribution in [3.05, 3.63) is 30.1 Å². The molecule has 3 aromatic rings. The molecule has 2 heterocycles. The van der Waals surface area contributed by atoms with Gasteiger partial charge in [0.15, 0.2) is 5.82 Å². The molecule has 0 fully saturated rings. The Morgan fingerprint density at radius 2 is 1.94 bits per heavy atom. The molecule has 0 aliphatic carbocycles. The number of benzene rings is 1. The summed E-state index contributed by atoms with van der Waals surface area (Å²) in [6.07, 6.45) is 0. The van der Waals surface area contributed by atoms with Gasteiger partial charge in [-0.3, -0.25) is 5.10 Å². The van der Waals surface area contributed by atoms with Gasteiger partial charge >= 0.3 is 0 Å². The van der Waals surface area contributed by atoms with Crippen molar-refractivity contribution in [3.63, 3.8) is 0 Å². The highest BCUT2D eigenvalue weighted by atomic mass is 16.0. The Morgan fingerprint density at radius 1 is 1.18 bits per heavy atom. The lowest BCUT2D eigenvalue weighted by molar-refractivity contribution is 0.824. The first-order valence-electron chi connectivity index (χ1n) is 5.06. The maximum absolute atomic E-state index is 4.51. The fraction of sp³-hybridized carbons (Fsp3) is 0.182. The van der Waals surface area contributed by atoms with Crippen molar-refractivity contribution in [3.8, 4) is 11.6 Å². The summed E-state index contributed by atoms with van der Waals surface area (Å²) in [5.74, 6) is 2.21. The van der Waals surface area contributed by atoms with Crippen LogP contribution in [0.1, 0.15) is 5.82 Å². The van der Waals surface area contributed by atoms with Gasteiger partial charge in [0.25, 0.3) is 0 Å². The van der Waals surface area contributed by atoms with Crippen LogP contribution in [0.15, 0.2) is 24.3 Å². The minimum Gasteiger partial charge on any atom is -0.412 e. The van der Waals surface area contributed by atoms with Crippen LogP contribution in [0.4, 0.5) is 0 Å². The molecule has 0 aliphatic rings. The first kappa shape index (κ1) is 11.3. The summed E-state index contributed by atoms with van der Waals surface area (Å²) in [4.78, 5) is 8.80. The van der Waals surface area contributed by atoms with Gasteiger partial charge in [0, 0.05) is 7.05 Å². The number of nitrogens with one attached hydrogen (secondary N) is 1. The molecule has 0 amide bonds. The SMILES string of the molecule is Cc1nc(-c2nc3ccccc3n2C)n[nH]1.O. The van der Waals surface area contributed by atoms with Crippen LogP contribution < -0.4 is 0 Å². The van der Waals surface area contributed by atoms with E-state index in [0.29, 0.717) is 5.82 Å². The fourth-order valence-corrected chi connectivity index (χ4v) is 1.79. The van der Waals surface area contributed by atoms with Crippen LogP contribution in [-0.4, -0.2) is 30.2 Å². The van der Waals surface area contributed by atoms with Gasteiger partial charge < -0.3 is 10.0 Å². The number of aromatic amines is 1. The molecule has 0 radical (unpaired) electrons. The van der Waals surface area contributed by atoms with E-state index in [-0.39, 0.29) is 5.48 Å². The minimum atomic E-state index is 0. The summed E-state index contributed by atoms with van der Waals surface area (Å²) >= 11 is 0. The third kappa shape index (κ3) is 1.68. The van der Waals surface area contributed by atoms with Gasteiger partial charge in [-0.25, -0.2) is 9.97 Å². The number of imidazole rings is 1. The third-order valence-electron chi connectivity index (χ3n) is 2.58. The van der Waals surface area contributed by atoms with Crippen LogP contribution in [0.5, 0.6) is 0 Å². The van der Waals surface area contributed by atoms with Crippen molar-refractivity contribution in [1.29, 1.82) is 0 Å². The smallest absolute Gasteiger partial charge is 0.217 e. The van der Waals surface area contributed by atoms with Crippen molar-refractivity contribution < 1.29 is 5.48 Å². The normalized spacial score (nSPS) is 10.5. The first-order chi connectivity index (χ1) is 7.75. The molecule has 0 bridgehead atoms. The van der Waals surface area contributed by atoms with Crippen molar-refractivity contribution in [2.75, 3.05) is 0 Å². The van der Waals surface area contributed by atoms with E-state index in [1.807, 2.05) is 42.8 Å². The summed E-state index contributed by atoms with van der Waals surface area (Å²) in [6, 6.07) is 7.99. The van der Waals surface area contributed by atoms with Gasteiger partial charge in [-0.15, -0.1) is 0 Å². The molecule has 6 heteroatoms. The van der Waals surface area contributed by atoms with Crippen molar-refractivity contribution in [1.82, 2.24) is 24.7 Å². The Hall–Kier alpha value is -2.21. The Labute approximate surface area is 97.6 Å². The quantitative estimate of drug-likeness (QED) is 0.672. The molecule has 88 valence electrons. The van der Waals surface area contributed by atoms with Crippen LogP contribution in [0.2, 0.25) is 0 Å². The van der Waals surface area contributed by atoms with E-state index >= 15 is 0 Å². The highest BCUT2D eigenvalue weighted by molar-refractivity contribution is 5.79. The molecular formula is C11H13N5O. The van der Waals surface area contributed by atoms with Crippen molar-refractivity contribution in [2.24, 2.45) is 7.05 Å². The van der Waals surface area contributed by atoms with Gasteiger partial charge in [0.05, 0.1) is 11.0 Å². The Bertz CT molecular complexity index is 655. The second-order valence-corrected chi connectivity index (χ2v) is 3.73. The van der Waals surface area contributed by atoms with E-state index in [4.69, 9.17) is 0 Å². The summed E-state index contributed by atoms with van der Waals surface area (Å²) in [7, 11) is 1.97. The van der Waals surface area contributed by atoms with Gasteiger partial charge in [-0.1, -0.05) is 12.1 Å². The van der Waals surface area contributed by atoms with E-state index in [0.717, 1.165) is 22.7 Å². The molecule has 0 saturated heterocycles. The fourth-order valence-electron chi connectivity index (χ4n) is 1.79. The van der Waals surface area contributed by atoms with E-state index < -0.39 is 0 Å². The number of rotatable bonds is 1. The molecule has 1 aromatic carbocycles. The lowest BCUT2D eigenvalue weighted by atomic mass is 10.3. The maximum Gasteiger partial charge on any atom is 0.217 e. The number of H-pyrrole nitrogens is 1. The van der Waals surface area contributed by atoms with Gasteiger partial charge in [-0.2, -0.15) is 5.10 Å². The summed E-state index contributed by atoms with van der Waals surface area (Å²) in [5, 5.41) is 6.95. The number of aromatic nitrogens is 5. The van der Waals surface area contributed by atoms with E-state index in [1.165, 1.54) is 0 Å². The second kappa shape index (κ2) is 3.99. The molecule has 6 nitrogen and oxygen atoms in total. The van der Waals surface area contributed by atoms with Crippen LogP contribution in [0.25, 0.3) is 22.7 Å². The summed E-state index contributed by atoms with van der Waals surface area (Å²) < 4.78 is 2.00. The largest absolute Gasteiger partial charge is 0.412 e. The minimum absolute atomic E-state index is 0. The van der Waals surface area contributed by atoms with E-state index in [2.05, 4.69) is 20.2 Å². The molecule has 0 saturated carbocycles. The zero-order valence-electron chi connectivity index (χ0n) is 9.60. The summed E-state index contributed by atoms with van der Waals surface area (Å²) in [5.41, 5.74) is 2.04. The zero-order valence-corrected chi connectivity index (χ0v) is 9.60. The number of para-hydroxylation sites is 2. The molecule has 3 rings (SSSR count). The summed E-state index contributed by atoms with van der Waals surface area (Å²) in [6.45, 7) is 1.87. The van der Waals surface area contributed by atoms with Gasteiger partial charge in [-0.05, 0) is 19.1 Å². The van der Waals surface area contributed by atoms with E-state index in [1.54, 1.807) is 0 Å². The Balaban J connectivity index is 0.00000108. The van der Waals surface area contributed by atoms with Crippen molar-refractivity contribution in [2.45, 2.75) is 6.92 Å². The van der Waals surface area contributed by atoms with Gasteiger partial charge in [0.2, 0.25) is 5.82 Å². The molecule has 2 aromatic heterocycles. The zero-order chi connectivity index (χ0) is 11.1. The Morgan fingerprint density at radius 3 is 2.59 bits per heavy atom. The Kier molecular flexibility index (Phi) is 2.64. The number of aryl methyl sites for hydroxylation is 2. The third-order valence-corrected chi connectivity index (χ3v) is 2.58. The topological polar surface area (TPSA) is 90.9 Å². The average Bonchev–Trinajstić information content (AvgIpc) is 2.84. The predicted octanol–water partition coefficient (Wildman–Crippen LogP) is 0.842. The first-order valence-corrected chi connectivity index (χ1v) is 5.06. The highest BCUT2D eigenvalue weighted by Crippen LogP contribution is 2.20. The number of nitrogens with zero attached hydrogens (tertiary/aromatic N) is 4. The van der Waals surface area contributed by atoms with Crippen LogP contribution in [0, 0.1) is 6.92 Å².